The molecule has 0 unspecified atom stereocenters. The van der Waals surface area contributed by atoms with Gasteiger partial charge in [0, 0.05) is 36.3 Å². The molecule has 0 aliphatic heterocycles. The second-order valence-corrected chi connectivity index (χ2v) is 7.37. The van der Waals surface area contributed by atoms with Gasteiger partial charge in [-0.3, -0.25) is 14.6 Å². The van der Waals surface area contributed by atoms with Gasteiger partial charge in [-0.25, -0.2) is 4.98 Å². The molecule has 3 aromatic rings. The molecule has 0 saturated carbocycles. The van der Waals surface area contributed by atoms with Crippen LogP contribution in [0.1, 0.15) is 28.7 Å². The number of aromatic nitrogens is 2. The second kappa shape index (κ2) is 11.1. The molecule has 0 saturated heterocycles. The SMILES string of the molecule is CCOc1ccccc1C(=O)NCC(=O)NCCCc1nc(-c2ccncc2)cs1. The normalized spacial score (nSPS) is 10.4. The fourth-order valence-electron chi connectivity index (χ4n) is 2.80. The van der Waals surface area contributed by atoms with Gasteiger partial charge < -0.3 is 15.4 Å². The molecule has 0 atom stereocenters. The van der Waals surface area contributed by atoms with Crippen molar-refractivity contribution in [2.45, 2.75) is 19.8 Å². The van der Waals surface area contributed by atoms with Crippen molar-refractivity contribution in [3.05, 3.63) is 64.7 Å². The highest BCUT2D eigenvalue weighted by molar-refractivity contribution is 7.09. The van der Waals surface area contributed by atoms with Crippen molar-refractivity contribution in [3.63, 3.8) is 0 Å². The van der Waals surface area contributed by atoms with Gasteiger partial charge in [0.05, 0.1) is 29.4 Å². The molecule has 0 fully saturated rings. The second-order valence-electron chi connectivity index (χ2n) is 6.43. The maximum Gasteiger partial charge on any atom is 0.255 e. The van der Waals surface area contributed by atoms with Gasteiger partial charge in [-0.15, -0.1) is 11.3 Å². The predicted octanol–water partition coefficient (Wildman–Crippen LogP) is 3.08. The standard InChI is InChI=1S/C22H24N4O3S/c1-2-29-19-7-4-3-6-17(19)22(28)25-14-20(27)24-11-5-8-21-26-18(15-30-21)16-9-12-23-13-10-16/h3-4,6-7,9-10,12-13,15H,2,5,8,11,14H2,1H3,(H,24,27)(H,25,28). The number of ether oxygens (including phenoxy) is 1. The third kappa shape index (κ3) is 6.12. The van der Waals surface area contributed by atoms with Gasteiger partial charge in [-0.1, -0.05) is 12.1 Å². The summed E-state index contributed by atoms with van der Waals surface area (Å²) in [6, 6.07) is 10.8. The summed E-state index contributed by atoms with van der Waals surface area (Å²) in [5.74, 6) is -0.0537. The minimum atomic E-state index is -0.333. The molecule has 2 N–H and O–H groups in total. The van der Waals surface area contributed by atoms with Crippen LogP contribution < -0.4 is 15.4 Å². The molecule has 2 heterocycles. The molecule has 0 spiro atoms. The van der Waals surface area contributed by atoms with E-state index < -0.39 is 0 Å². The van der Waals surface area contributed by atoms with Gasteiger partial charge in [0.1, 0.15) is 5.75 Å². The lowest BCUT2D eigenvalue weighted by Crippen LogP contribution is -2.37. The van der Waals surface area contributed by atoms with E-state index in [-0.39, 0.29) is 18.4 Å². The van der Waals surface area contributed by atoms with Crippen LogP contribution in [0.3, 0.4) is 0 Å². The van der Waals surface area contributed by atoms with Crippen LogP contribution in [0.4, 0.5) is 0 Å². The monoisotopic (exact) mass is 424 g/mol. The number of thiazole rings is 1. The van der Waals surface area contributed by atoms with Crippen LogP contribution in [0.5, 0.6) is 5.75 Å². The zero-order valence-corrected chi connectivity index (χ0v) is 17.6. The van der Waals surface area contributed by atoms with E-state index in [1.54, 1.807) is 48.0 Å². The molecule has 8 heteroatoms. The first-order valence-corrected chi connectivity index (χ1v) is 10.7. The number of hydrogen-bond donors (Lipinski definition) is 2. The zero-order chi connectivity index (χ0) is 21.2. The molecule has 30 heavy (non-hydrogen) atoms. The molecule has 0 aliphatic carbocycles. The van der Waals surface area contributed by atoms with Gasteiger partial charge in [0.2, 0.25) is 5.91 Å². The average molecular weight is 425 g/mol. The molecule has 7 nitrogen and oxygen atoms in total. The van der Waals surface area contributed by atoms with Crippen molar-refractivity contribution in [3.8, 4) is 17.0 Å². The van der Waals surface area contributed by atoms with E-state index in [2.05, 4.69) is 20.6 Å². The minimum Gasteiger partial charge on any atom is -0.493 e. The molecule has 3 rings (SSSR count). The molecule has 2 amide bonds. The lowest BCUT2D eigenvalue weighted by molar-refractivity contribution is -0.120. The van der Waals surface area contributed by atoms with Gasteiger partial charge in [-0.2, -0.15) is 0 Å². The molecule has 1 aromatic carbocycles. The highest BCUT2D eigenvalue weighted by Gasteiger charge is 2.13. The molecule has 156 valence electrons. The lowest BCUT2D eigenvalue weighted by Gasteiger charge is -2.10. The Balaban J connectivity index is 1.37. The van der Waals surface area contributed by atoms with Crippen LogP contribution in [-0.2, 0) is 11.2 Å². The third-order valence-electron chi connectivity index (χ3n) is 4.26. The van der Waals surface area contributed by atoms with E-state index in [0.29, 0.717) is 24.5 Å². The minimum absolute atomic E-state index is 0.0806. The Morgan fingerprint density at radius 3 is 2.70 bits per heavy atom. The maximum atomic E-state index is 12.3. The molecular formula is C22H24N4O3S. The van der Waals surface area contributed by atoms with Crippen LogP contribution in [0.25, 0.3) is 11.3 Å². The fraction of sp³-hybridized carbons (Fsp3) is 0.273. The van der Waals surface area contributed by atoms with Gasteiger partial charge in [-0.05, 0) is 37.6 Å². The first kappa shape index (κ1) is 21.4. The summed E-state index contributed by atoms with van der Waals surface area (Å²) in [6.07, 6.45) is 5.05. The van der Waals surface area contributed by atoms with Crippen molar-refractivity contribution in [2.24, 2.45) is 0 Å². The number of carbonyl (C=O) groups is 2. The van der Waals surface area contributed by atoms with Crippen molar-refractivity contribution in [1.29, 1.82) is 0 Å². The molecule has 0 bridgehead atoms. The summed E-state index contributed by atoms with van der Waals surface area (Å²) in [5, 5.41) is 8.50. The number of para-hydroxylation sites is 1. The quantitative estimate of drug-likeness (QED) is 0.488. The van der Waals surface area contributed by atoms with Crippen LogP contribution in [0.2, 0.25) is 0 Å². The number of rotatable bonds is 10. The summed E-state index contributed by atoms with van der Waals surface area (Å²) in [6.45, 7) is 2.76. The number of pyridine rings is 1. The van der Waals surface area contributed by atoms with Crippen LogP contribution in [0.15, 0.2) is 54.2 Å². The summed E-state index contributed by atoms with van der Waals surface area (Å²) in [7, 11) is 0. The topological polar surface area (TPSA) is 93.2 Å². The summed E-state index contributed by atoms with van der Waals surface area (Å²) >= 11 is 1.61. The summed E-state index contributed by atoms with van der Waals surface area (Å²) in [5.41, 5.74) is 2.40. The van der Waals surface area contributed by atoms with E-state index in [9.17, 15) is 9.59 Å². The van der Waals surface area contributed by atoms with Crippen molar-refractivity contribution < 1.29 is 14.3 Å². The largest absolute Gasteiger partial charge is 0.493 e. The Bertz CT molecular complexity index is 975. The number of nitrogens with zero attached hydrogens (tertiary/aromatic N) is 2. The first-order valence-electron chi connectivity index (χ1n) is 9.79. The van der Waals surface area contributed by atoms with E-state index in [4.69, 9.17) is 4.74 Å². The molecule has 0 radical (unpaired) electrons. The molecular weight excluding hydrogens is 400 g/mol. The van der Waals surface area contributed by atoms with Gasteiger partial charge >= 0.3 is 0 Å². The maximum absolute atomic E-state index is 12.3. The Morgan fingerprint density at radius 2 is 1.90 bits per heavy atom. The third-order valence-corrected chi connectivity index (χ3v) is 5.17. The molecule has 0 aliphatic rings. The van der Waals surface area contributed by atoms with E-state index in [1.165, 1.54) is 0 Å². The van der Waals surface area contributed by atoms with E-state index in [1.807, 2.05) is 24.4 Å². The van der Waals surface area contributed by atoms with Gasteiger partial charge in [0.25, 0.3) is 5.91 Å². The average Bonchev–Trinajstić information content (AvgIpc) is 3.25. The van der Waals surface area contributed by atoms with Crippen molar-refractivity contribution in [1.82, 2.24) is 20.6 Å². The smallest absolute Gasteiger partial charge is 0.255 e. The first-order chi connectivity index (χ1) is 14.7. The Labute approximate surface area is 179 Å². The Morgan fingerprint density at radius 1 is 1.10 bits per heavy atom. The van der Waals surface area contributed by atoms with E-state index >= 15 is 0 Å². The summed E-state index contributed by atoms with van der Waals surface area (Å²) in [4.78, 5) is 32.9. The van der Waals surface area contributed by atoms with Crippen LogP contribution in [0, 0.1) is 0 Å². The number of amides is 2. The number of aryl methyl sites for hydroxylation is 1. The number of nitrogens with one attached hydrogen (secondary N) is 2. The van der Waals surface area contributed by atoms with Crippen LogP contribution >= 0.6 is 11.3 Å². The number of carbonyl (C=O) groups excluding carboxylic acids is 2. The van der Waals surface area contributed by atoms with Gasteiger partial charge in [0.15, 0.2) is 0 Å². The predicted molar refractivity (Wildman–Crippen MR) is 117 cm³/mol. The Kier molecular flexibility index (Phi) is 7.91. The zero-order valence-electron chi connectivity index (χ0n) is 16.8. The Hall–Kier alpha value is -3.26. The lowest BCUT2D eigenvalue weighted by atomic mass is 10.2. The number of benzene rings is 1. The number of hydrogen-bond acceptors (Lipinski definition) is 6. The van der Waals surface area contributed by atoms with Crippen molar-refractivity contribution in [2.75, 3.05) is 19.7 Å². The van der Waals surface area contributed by atoms with Crippen LogP contribution in [-0.4, -0.2) is 41.5 Å². The van der Waals surface area contributed by atoms with E-state index in [0.717, 1.165) is 29.1 Å². The fourth-order valence-corrected chi connectivity index (χ4v) is 3.65. The highest BCUT2D eigenvalue weighted by atomic mass is 32.1. The summed E-state index contributed by atoms with van der Waals surface area (Å²) < 4.78 is 5.45. The molecule has 2 aromatic heterocycles. The highest BCUT2D eigenvalue weighted by Crippen LogP contribution is 2.21. The van der Waals surface area contributed by atoms with Crippen molar-refractivity contribution >= 4 is 23.2 Å².